The third-order valence-electron chi connectivity index (χ3n) is 1.99. The quantitative estimate of drug-likeness (QED) is 0.320. The Hall–Kier alpha value is -1.42. The van der Waals surface area contributed by atoms with Crippen molar-refractivity contribution in [1.29, 1.82) is 0 Å². The summed E-state index contributed by atoms with van der Waals surface area (Å²) in [6.07, 6.45) is -9.67. The van der Waals surface area contributed by atoms with Gasteiger partial charge in [-0.3, -0.25) is 0 Å². The topological polar surface area (TPSA) is 154 Å². The molecule has 0 saturated carbocycles. The molecule has 0 aliphatic carbocycles. The summed E-state index contributed by atoms with van der Waals surface area (Å²) >= 11 is 0. The summed E-state index contributed by atoms with van der Waals surface area (Å²) in [5, 5.41) is 44.9. The molecule has 0 aliphatic rings. The average Bonchev–Trinajstić information content (AvgIpc) is 2.33. The number of hydrogen-bond acceptors (Lipinski definition) is 8. The van der Waals surface area contributed by atoms with Crippen LogP contribution in [0.1, 0.15) is 6.92 Å². The number of hydrogen-bond donors (Lipinski definition) is 5. The van der Waals surface area contributed by atoms with E-state index in [2.05, 4.69) is 9.47 Å². The number of carbonyl (C=O) groups excluding carboxylic acids is 1. The van der Waals surface area contributed by atoms with Gasteiger partial charge in [0.1, 0.15) is 18.3 Å². The Balaban J connectivity index is 4.83. The molecule has 0 aromatic heterocycles. The first-order valence-corrected chi connectivity index (χ1v) is 5.06. The maximum absolute atomic E-state index is 11.3. The standard InChI is InChI=1S/C9H16O9/c1-2-17-8(14)7(18-9(15)16)6(13)5(12)4(11)3-10/h4-7,10-13H,2-3H2,1H3,(H,15,16)/t4-,5-,6+,7-/m1/s1. The highest BCUT2D eigenvalue weighted by Gasteiger charge is 2.39. The first-order valence-electron chi connectivity index (χ1n) is 5.06. The van der Waals surface area contributed by atoms with Crippen LogP contribution < -0.4 is 0 Å². The fourth-order valence-electron chi connectivity index (χ4n) is 1.10. The highest BCUT2D eigenvalue weighted by atomic mass is 16.7. The molecule has 0 fully saturated rings. The van der Waals surface area contributed by atoms with Gasteiger partial charge in [-0.2, -0.15) is 0 Å². The van der Waals surface area contributed by atoms with Gasteiger partial charge in [0.15, 0.2) is 0 Å². The summed E-state index contributed by atoms with van der Waals surface area (Å²) in [5.74, 6) is -1.21. The Morgan fingerprint density at radius 1 is 1.17 bits per heavy atom. The van der Waals surface area contributed by atoms with Gasteiger partial charge in [0.2, 0.25) is 6.10 Å². The summed E-state index contributed by atoms with van der Waals surface area (Å²) in [7, 11) is 0. The van der Waals surface area contributed by atoms with Crippen LogP contribution in [-0.4, -0.2) is 75.3 Å². The maximum Gasteiger partial charge on any atom is 0.506 e. The zero-order chi connectivity index (χ0) is 14.3. The number of aliphatic hydroxyl groups excluding tert-OH is 4. The van der Waals surface area contributed by atoms with Gasteiger partial charge in [0.05, 0.1) is 13.2 Å². The molecular formula is C9H16O9. The lowest BCUT2D eigenvalue weighted by Crippen LogP contribution is -2.50. The molecule has 9 heteroatoms. The highest BCUT2D eigenvalue weighted by molar-refractivity contribution is 5.78. The van der Waals surface area contributed by atoms with Crippen LogP contribution in [0.25, 0.3) is 0 Å². The van der Waals surface area contributed by atoms with Crippen LogP contribution >= 0.6 is 0 Å². The monoisotopic (exact) mass is 268 g/mol. The predicted molar refractivity (Wildman–Crippen MR) is 54.6 cm³/mol. The van der Waals surface area contributed by atoms with Crippen molar-refractivity contribution in [3.63, 3.8) is 0 Å². The van der Waals surface area contributed by atoms with Crippen LogP contribution in [0.4, 0.5) is 4.79 Å². The minimum absolute atomic E-state index is 0.0936. The van der Waals surface area contributed by atoms with Crippen molar-refractivity contribution in [2.45, 2.75) is 31.3 Å². The molecule has 0 spiro atoms. The molecule has 106 valence electrons. The second-order valence-corrected chi connectivity index (χ2v) is 3.29. The first kappa shape index (κ1) is 16.6. The van der Waals surface area contributed by atoms with Crippen LogP contribution in [0, 0.1) is 0 Å². The van der Waals surface area contributed by atoms with Gasteiger partial charge in [0.25, 0.3) is 0 Å². The summed E-state index contributed by atoms with van der Waals surface area (Å²) in [6.45, 7) is 0.464. The molecule has 0 radical (unpaired) electrons. The van der Waals surface area contributed by atoms with E-state index in [-0.39, 0.29) is 6.61 Å². The maximum atomic E-state index is 11.3. The Kier molecular flexibility index (Phi) is 7.20. The van der Waals surface area contributed by atoms with E-state index >= 15 is 0 Å². The lowest BCUT2D eigenvalue weighted by atomic mass is 10.0. The van der Waals surface area contributed by atoms with Gasteiger partial charge >= 0.3 is 12.1 Å². The van der Waals surface area contributed by atoms with Gasteiger partial charge in [-0.15, -0.1) is 0 Å². The minimum Gasteiger partial charge on any atom is -0.463 e. The molecule has 5 N–H and O–H groups in total. The number of carbonyl (C=O) groups is 2. The van der Waals surface area contributed by atoms with Crippen LogP contribution in [0.3, 0.4) is 0 Å². The molecule has 0 aliphatic heterocycles. The minimum atomic E-state index is -2.07. The molecule has 0 aromatic carbocycles. The second kappa shape index (κ2) is 7.82. The van der Waals surface area contributed by atoms with Gasteiger partial charge in [-0.05, 0) is 6.92 Å². The summed E-state index contributed by atoms with van der Waals surface area (Å²) in [6, 6.07) is 0. The molecule has 0 rings (SSSR count). The Labute approximate surface area is 102 Å². The lowest BCUT2D eigenvalue weighted by Gasteiger charge is -2.26. The molecular weight excluding hydrogens is 252 g/mol. The van der Waals surface area contributed by atoms with Crippen molar-refractivity contribution in [2.24, 2.45) is 0 Å². The zero-order valence-electron chi connectivity index (χ0n) is 9.59. The fraction of sp³-hybridized carbons (Fsp3) is 0.778. The van der Waals surface area contributed by atoms with Crippen molar-refractivity contribution in [3.8, 4) is 0 Å². The largest absolute Gasteiger partial charge is 0.506 e. The van der Waals surface area contributed by atoms with Gasteiger partial charge < -0.3 is 35.0 Å². The van der Waals surface area contributed by atoms with Gasteiger partial charge in [-0.1, -0.05) is 0 Å². The summed E-state index contributed by atoms with van der Waals surface area (Å²) < 4.78 is 8.53. The Morgan fingerprint density at radius 3 is 2.11 bits per heavy atom. The van der Waals surface area contributed by atoms with Gasteiger partial charge in [0, 0.05) is 0 Å². The van der Waals surface area contributed by atoms with Crippen LogP contribution in [0.2, 0.25) is 0 Å². The van der Waals surface area contributed by atoms with E-state index in [1.807, 2.05) is 0 Å². The van der Waals surface area contributed by atoms with Crippen molar-refractivity contribution in [1.82, 2.24) is 0 Å². The van der Waals surface area contributed by atoms with Crippen molar-refractivity contribution in [3.05, 3.63) is 0 Å². The second-order valence-electron chi connectivity index (χ2n) is 3.29. The average molecular weight is 268 g/mol. The number of rotatable bonds is 7. The van der Waals surface area contributed by atoms with E-state index in [0.717, 1.165) is 0 Å². The lowest BCUT2D eigenvalue weighted by molar-refractivity contribution is -0.171. The SMILES string of the molecule is CCOC(=O)[C@H](OC(=O)O)[C@@H](O)[C@H](O)[C@H](O)CO. The van der Waals surface area contributed by atoms with Crippen molar-refractivity contribution >= 4 is 12.1 Å². The molecule has 0 bridgehead atoms. The smallest absolute Gasteiger partial charge is 0.463 e. The number of esters is 1. The normalized spacial score (nSPS) is 17.4. The molecule has 9 nitrogen and oxygen atoms in total. The molecule has 18 heavy (non-hydrogen) atoms. The summed E-state index contributed by atoms with van der Waals surface area (Å²) in [5.41, 5.74) is 0. The molecule has 0 amide bonds. The molecule has 0 saturated heterocycles. The zero-order valence-corrected chi connectivity index (χ0v) is 9.59. The Bertz CT molecular complexity index is 279. The fourth-order valence-corrected chi connectivity index (χ4v) is 1.10. The van der Waals surface area contributed by atoms with Crippen LogP contribution in [0.15, 0.2) is 0 Å². The van der Waals surface area contributed by atoms with Crippen LogP contribution in [0.5, 0.6) is 0 Å². The first-order chi connectivity index (χ1) is 8.34. The van der Waals surface area contributed by atoms with Crippen molar-refractivity contribution < 1.29 is 44.6 Å². The van der Waals surface area contributed by atoms with E-state index in [1.165, 1.54) is 6.92 Å². The molecule has 0 unspecified atom stereocenters. The number of ether oxygens (including phenoxy) is 2. The van der Waals surface area contributed by atoms with E-state index in [0.29, 0.717) is 0 Å². The molecule has 0 heterocycles. The van der Waals surface area contributed by atoms with Gasteiger partial charge in [-0.25, -0.2) is 9.59 Å². The number of carboxylic acid groups (broad SMARTS) is 1. The highest BCUT2D eigenvalue weighted by Crippen LogP contribution is 2.10. The molecule has 0 aromatic rings. The predicted octanol–water partition coefficient (Wildman–Crippen LogP) is -2.31. The summed E-state index contributed by atoms with van der Waals surface area (Å²) in [4.78, 5) is 21.7. The van der Waals surface area contributed by atoms with Crippen molar-refractivity contribution in [2.75, 3.05) is 13.2 Å². The van der Waals surface area contributed by atoms with E-state index in [9.17, 15) is 19.8 Å². The van der Waals surface area contributed by atoms with E-state index in [4.69, 9.17) is 15.3 Å². The van der Waals surface area contributed by atoms with E-state index < -0.39 is 43.1 Å². The van der Waals surface area contributed by atoms with E-state index in [1.54, 1.807) is 0 Å². The Morgan fingerprint density at radius 2 is 1.72 bits per heavy atom. The third-order valence-corrected chi connectivity index (χ3v) is 1.99. The molecule has 4 atom stereocenters. The third kappa shape index (κ3) is 4.84. The number of aliphatic hydroxyl groups is 4. The van der Waals surface area contributed by atoms with Crippen LogP contribution in [-0.2, 0) is 14.3 Å².